The van der Waals surface area contributed by atoms with Crippen molar-refractivity contribution in [1.82, 2.24) is 9.97 Å². The lowest BCUT2D eigenvalue weighted by Crippen LogP contribution is -2.07. The summed E-state index contributed by atoms with van der Waals surface area (Å²) in [5.74, 6) is 0.598. The van der Waals surface area contributed by atoms with E-state index in [0.717, 1.165) is 24.6 Å². The van der Waals surface area contributed by atoms with Crippen LogP contribution in [0.15, 0.2) is 29.8 Å². The molecule has 2 atom stereocenters. The van der Waals surface area contributed by atoms with E-state index in [2.05, 4.69) is 15.0 Å². The highest BCUT2D eigenvalue weighted by Gasteiger charge is 2.25. The van der Waals surface area contributed by atoms with E-state index < -0.39 is 6.86 Å². The monoisotopic (exact) mass is 300 g/mol. The van der Waals surface area contributed by atoms with E-state index in [4.69, 9.17) is 10.8 Å². The van der Waals surface area contributed by atoms with Gasteiger partial charge in [0.2, 0.25) is 0 Å². The Morgan fingerprint density at radius 3 is 2.76 bits per heavy atom. The van der Waals surface area contributed by atoms with Gasteiger partial charge in [0.15, 0.2) is 12.7 Å². The molecule has 1 aliphatic rings. The average Bonchev–Trinajstić information content (AvgIpc) is 2.87. The Bertz CT molecular complexity index is 497. The van der Waals surface area contributed by atoms with Crippen molar-refractivity contribution in [3.8, 4) is 0 Å². The van der Waals surface area contributed by atoms with Crippen LogP contribution in [-0.4, -0.2) is 39.0 Å². The van der Waals surface area contributed by atoms with E-state index in [1.54, 1.807) is 6.20 Å². The van der Waals surface area contributed by atoms with Crippen LogP contribution in [0.1, 0.15) is 30.9 Å². The molecule has 1 saturated carbocycles. The van der Waals surface area contributed by atoms with Gasteiger partial charge in [0.05, 0.1) is 24.3 Å². The molecule has 4 N–H and O–H groups in total. The molecule has 1 aliphatic carbocycles. The minimum absolute atomic E-state index is 0.0374. The normalized spacial score (nSPS) is 22.2. The maximum Gasteiger partial charge on any atom is 0.185 e. The zero-order chi connectivity index (χ0) is 15.7. The van der Waals surface area contributed by atoms with Crippen molar-refractivity contribution >= 4 is 11.7 Å². The molecule has 0 amide bonds. The Morgan fingerprint density at radius 1 is 1.48 bits per heavy atom. The smallest absolute Gasteiger partial charge is 0.185 e. The lowest BCUT2D eigenvalue weighted by Gasteiger charge is -2.08. The van der Waals surface area contributed by atoms with Gasteiger partial charge >= 0.3 is 0 Å². The van der Waals surface area contributed by atoms with Gasteiger partial charge in [0.1, 0.15) is 5.84 Å². The third-order valence-corrected chi connectivity index (χ3v) is 2.94. The number of hydrogen-bond acceptors (Lipinski definition) is 5. The highest BCUT2D eigenvalue weighted by atomic mass is 19.1. The van der Waals surface area contributed by atoms with Crippen molar-refractivity contribution in [2.45, 2.75) is 31.3 Å². The maximum absolute atomic E-state index is 11.9. The summed E-state index contributed by atoms with van der Waals surface area (Å²) < 4.78 is 21.8. The average molecular weight is 300 g/mol. The fraction of sp³-hybridized carbons (Fsp3) is 0.462. The molecule has 0 bridgehead atoms. The largest absolute Gasteiger partial charge is 0.393 e. The summed E-state index contributed by atoms with van der Waals surface area (Å²) in [7, 11) is 0. The molecule has 8 heteroatoms. The summed E-state index contributed by atoms with van der Waals surface area (Å²) >= 11 is 0. The number of aliphatic imine (C=N–C) groups is 1. The van der Waals surface area contributed by atoms with Crippen LogP contribution in [0.3, 0.4) is 0 Å². The molecule has 1 aromatic heterocycles. The second-order valence-corrected chi connectivity index (χ2v) is 4.41. The quantitative estimate of drug-likeness (QED) is 0.579. The molecule has 6 nitrogen and oxygen atoms in total. The molecule has 1 fully saturated rings. The van der Waals surface area contributed by atoms with E-state index in [1.807, 2.05) is 0 Å². The van der Waals surface area contributed by atoms with Crippen molar-refractivity contribution in [3.63, 3.8) is 0 Å². The van der Waals surface area contributed by atoms with Gasteiger partial charge in [-0.1, -0.05) is 0 Å². The minimum atomic E-state index is -1.25. The van der Waals surface area contributed by atoms with Crippen molar-refractivity contribution in [2.24, 2.45) is 10.7 Å². The van der Waals surface area contributed by atoms with Gasteiger partial charge in [-0.05, 0) is 19.3 Å². The van der Waals surface area contributed by atoms with Crippen LogP contribution in [0.5, 0.6) is 0 Å². The predicted octanol–water partition coefficient (Wildman–Crippen LogP) is 1.48. The molecule has 2 unspecified atom stereocenters. The number of nitrogens with two attached hydrogens (primary N) is 1. The summed E-state index contributed by atoms with van der Waals surface area (Å²) in [6.07, 6.45) is 6.62. The van der Waals surface area contributed by atoms with Gasteiger partial charge < -0.3 is 15.9 Å². The number of rotatable bonds is 3. The molecular formula is C13H18F2N4O2. The third kappa shape index (κ3) is 5.92. The van der Waals surface area contributed by atoms with Crippen LogP contribution in [0.2, 0.25) is 0 Å². The lowest BCUT2D eigenvalue weighted by atomic mass is 10.0. The molecule has 116 valence electrons. The van der Waals surface area contributed by atoms with Gasteiger partial charge in [-0.15, -0.1) is 0 Å². The third-order valence-electron chi connectivity index (χ3n) is 2.94. The Balaban J connectivity index is 0.000000677. The van der Waals surface area contributed by atoms with E-state index in [0.29, 0.717) is 18.6 Å². The van der Waals surface area contributed by atoms with Crippen molar-refractivity contribution in [3.05, 3.63) is 30.5 Å². The zero-order valence-corrected chi connectivity index (χ0v) is 11.4. The Labute approximate surface area is 121 Å². The summed E-state index contributed by atoms with van der Waals surface area (Å²) in [6, 6.07) is 0. The fourth-order valence-corrected chi connectivity index (χ4v) is 2.08. The van der Waals surface area contributed by atoms with Crippen LogP contribution in [0.4, 0.5) is 14.6 Å². The number of alkyl halides is 1. The summed E-state index contributed by atoms with van der Waals surface area (Å²) in [5, 5.41) is 16.4. The van der Waals surface area contributed by atoms with E-state index in [-0.39, 0.29) is 17.9 Å². The van der Waals surface area contributed by atoms with Crippen LogP contribution in [-0.2, 0) is 0 Å². The van der Waals surface area contributed by atoms with Crippen LogP contribution in [0.25, 0.3) is 0 Å². The minimum Gasteiger partial charge on any atom is -0.393 e. The Hall–Kier alpha value is -1.93. The fourth-order valence-electron chi connectivity index (χ4n) is 2.08. The maximum atomic E-state index is 11.9. The second kappa shape index (κ2) is 9.09. The first-order valence-electron chi connectivity index (χ1n) is 6.38. The molecule has 21 heavy (non-hydrogen) atoms. The highest BCUT2D eigenvalue weighted by Crippen LogP contribution is 2.33. The number of amidine groups is 1. The van der Waals surface area contributed by atoms with Gasteiger partial charge in [0.25, 0.3) is 0 Å². The first kappa shape index (κ1) is 17.1. The van der Waals surface area contributed by atoms with Gasteiger partial charge in [-0.2, -0.15) is 0 Å². The number of aromatic nitrogens is 2. The zero-order valence-electron chi connectivity index (χ0n) is 11.4. The molecule has 0 saturated heterocycles. The van der Waals surface area contributed by atoms with Gasteiger partial charge in [-0.3, -0.25) is 4.98 Å². The van der Waals surface area contributed by atoms with E-state index >= 15 is 0 Å². The molecular weight excluding hydrogens is 282 g/mol. The standard InChI is InChI=1S/C12H15FN4O.CH3FO/c13-4-3-11(14)17-12-7-15-6-10(16-12)8-1-2-9(18)5-8;2-1-3/h3-4,6-9,18H,1-2,5H2,(H2,14,16,17);3H,1H2/b4-3+;. The van der Waals surface area contributed by atoms with Crippen molar-refractivity contribution in [2.75, 3.05) is 6.86 Å². The molecule has 1 heterocycles. The number of aliphatic hydroxyl groups is 2. The molecule has 0 radical (unpaired) electrons. The van der Waals surface area contributed by atoms with E-state index in [1.165, 1.54) is 6.20 Å². The van der Waals surface area contributed by atoms with Gasteiger partial charge in [-0.25, -0.2) is 18.8 Å². The molecule has 0 aliphatic heterocycles. The van der Waals surface area contributed by atoms with Crippen molar-refractivity contribution in [1.29, 1.82) is 0 Å². The summed E-state index contributed by atoms with van der Waals surface area (Å²) in [4.78, 5) is 12.3. The topological polar surface area (TPSA) is 105 Å². The second-order valence-electron chi connectivity index (χ2n) is 4.41. The highest BCUT2D eigenvalue weighted by molar-refractivity contribution is 5.92. The van der Waals surface area contributed by atoms with Crippen LogP contribution >= 0.6 is 0 Å². The number of aliphatic hydroxyl groups excluding tert-OH is 2. The number of nitrogens with zero attached hydrogens (tertiary/aromatic N) is 3. The van der Waals surface area contributed by atoms with Crippen LogP contribution in [0, 0.1) is 0 Å². The predicted molar refractivity (Wildman–Crippen MR) is 74.4 cm³/mol. The van der Waals surface area contributed by atoms with Crippen molar-refractivity contribution < 1.29 is 19.0 Å². The number of hydrogen-bond donors (Lipinski definition) is 3. The molecule has 1 aromatic rings. The van der Waals surface area contributed by atoms with E-state index in [9.17, 15) is 13.9 Å². The lowest BCUT2D eigenvalue weighted by molar-refractivity contribution is 0.168. The number of halogens is 2. The summed E-state index contributed by atoms with van der Waals surface area (Å²) in [6.45, 7) is -1.25. The Kier molecular flexibility index (Phi) is 7.41. The van der Waals surface area contributed by atoms with Gasteiger partial charge in [0, 0.05) is 18.2 Å². The molecule has 0 spiro atoms. The SMILES string of the molecule is NC(/C=C/F)=Nc1cncc(C2CCC(O)C2)n1.OCF. The molecule has 2 rings (SSSR count). The molecule has 0 aromatic carbocycles. The first-order valence-corrected chi connectivity index (χ1v) is 6.38. The van der Waals surface area contributed by atoms with Crippen LogP contribution < -0.4 is 5.73 Å². The Morgan fingerprint density at radius 2 is 2.19 bits per heavy atom. The first-order chi connectivity index (χ1) is 10.1. The summed E-state index contributed by atoms with van der Waals surface area (Å²) in [5.41, 5.74) is 6.25.